The van der Waals surface area contributed by atoms with Crippen LogP contribution in [-0.2, 0) is 0 Å². The molecule has 0 aliphatic rings. The first kappa shape index (κ1) is 6.72. The van der Waals surface area contributed by atoms with Crippen LogP contribution in [0.2, 0.25) is 0 Å². The minimum atomic E-state index is 0.604. The first-order chi connectivity index (χ1) is 2.81. The van der Waals surface area contributed by atoms with E-state index in [-0.39, 0.29) is 0 Å². The van der Waals surface area contributed by atoms with E-state index in [2.05, 4.69) is 13.8 Å². The van der Waals surface area contributed by atoms with Crippen LogP contribution >= 0.6 is 19.2 Å². The third kappa shape index (κ3) is 2.93. The van der Waals surface area contributed by atoms with Gasteiger partial charge in [0.05, 0.1) is 0 Å². The molecule has 2 heteroatoms. The minimum Gasteiger partial charge on any atom is -0.0998 e. The highest BCUT2D eigenvalue weighted by Crippen LogP contribution is 2.25. The van der Waals surface area contributed by atoms with Crippen molar-refractivity contribution in [1.82, 2.24) is 0 Å². The molecule has 0 aliphatic heterocycles. The zero-order valence-electron chi connectivity index (χ0n) is 4.16. The van der Waals surface area contributed by atoms with Gasteiger partial charge in [0.25, 0.3) is 0 Å². The summed E-state index contributed by atoms with van der Waals surface area (Å²) < 4.78 is 0. The lowest BCUT2D eigenvalue weighted by Crippen LogP contribution is -1.83. The van der Waals surface area contributed by atoms with E-state index in [1.54, 1.807) is 0 Å². The molecule has 0 bridgehead atoms. The Hall–Kier alpha value is 0.720. The largest absolute Gasteiger partial charge is 0.0998 e. The molecule has 1 unspecified atom stereocenters. The quantitative estimate of drug-likeness (QED) is 0.497. The first-order valence-corrected chi connectivity index (χ1v) is 4.26. The predicted molar refractivity (Wildman–Crippen MR) is 33.9 cm³/mol. The van der Waals surface area contributed by atoms with Crippen molar-refractivity contribution in [2.75, 3.05) is 0 Å². The molecule has 0 fully saturated rings. The Morgan fingerprint density at radius 3 is 2.33 bits per heavy atom. The molecule has 0 N–H and O–H groups in total. The molecule has 0 aromatic carbocycles. The van der Waals surface area contributed by atoms with Crippen molar-refractivity contribution in [2.45, 2.75) is 25.9 Å². The third-order valence-corrected chi connectivity index (χ3v) is 2.70. The molecule has 0 aromatic heterocycles. The normalized spacial score (nSPS) is 16.5. The second-order valence-corrected chi connectivity index (χ2v) is 3.28. The van der Waals surface area contributed by atoms with Crippen LogP contribution in [0.1, 0.15) is 20.3 Å². The number of halogens is 1. The molecular weight excluding hydrogens is 114 g/mol. The lowest BCUT2D eigenvalue weighted by atomic mass is 10.4. The van der Waals surface area contributed by atoms with E-state index in [1.165, 1.54) is 6.42 Å². The summed E-state index contributed by atoms with van der Waals surface area (Å²) >= 11 is 5.48. The smallest absolute Gasteiger partial charge is 0.0129 e. The molecule has 0 rings (SSSR count). The second-order valence-electron chi connectivity index (χ2n) is 1.42. The van der Waals surface area contributed by atoms with Crippen LogP contribution in [-0.4, -0.2) is 5.66 Å². The molecule has 38 valence electrons. The molecule has 0 radical (unpaired) electrons. The number of rotatable bonds is 2. The molecule has 2 atom stereocenters. The molecule has 0 saturated carbocycles. The summed E-state index contributed by atoms with van der Waals surface area (Å²) in [7, 11) is 0.604. The Kier molecular flexibility index (Phi) is 4.36. The molecular formula is C4H10ClP. The van der Waals surface area contributed by atoms with Crippen LogP contribution in [0, 0.1) is 0 Å². The lowest BCUT2D eigenvalue weighted by Gasteiger charge is -1.96. The average molecular weight is 125 g/mol. The van der Waals surface area contributed by atoms with Crippen molar-refractivity contribution < 1.29 is 0 Å². The Morgan fingerprint density at radius 1 is 1.83 bits per heavy atom. The standard InChI is InChI=1S/C4H10ClP/c1-3-4(2)6-5/h4,6H,3H2,1-2H3/t4-/m0/s1. The van der Waals surface area contributed by atoms with Gasteiger partial charge in [-0.1, -0.05) is 25.1 Å². The summed E-state index contributed by atoms with van der Waals surface area (Å²) in [5.74, 6) is 0. The molecule has 6 heavy (non-hydrogen) atoms. The molecule has 0 aliphatic carbocycles. The Labute approximate surface area is 45.8 Å². The fourth-order valence-corrected chi connectivity index (χ4v) is 0.694. The number of hydrogen-bond donors (Lipinski definition) is 0. The van der Waals surface area contributed by atoms with Gasteiger partial charge in [-0.15, -0.1) is 0 Å². The highest BCUT2D eigenvalue weighted by molar-refractivity contribution is 7.69. The van der Waals surface area contributed by atoms with Crippen LogP contribution in [0.25, 0.3) is 0 Å². The van der Waals surface area contributed by atoms with Gasteiger partial charge in [-0.25, -0.2) is 0 Å². The van der Waals surface area contributed by atoms with E-state index in [0.717, 1.165) is 5.66 Å². The number of hydrogen-bond acceptors (Lipinski definition) is 0. The summed E-state index contributed by atoms with van der Waals surface area (Å²) in [6, 6.07) is 0. The first-order valence-electron chi connectivity index (χ1n) is 2.17. The van der Waals surface area contributed by atoms with Gasteiger partial charge >= 0.3 is 0 Å². The summed E-state index contributed by atoms with van der Waals surface area (Å²) in [4.78, 5) is 0. The Morgan fingerprint density at radius 2 is 2.33 bits per heavy atom. The van der Waals surface area contributed by atoms with Gasteiger partial charge in [0.2, 0.25) is 0 Å². The van der Waals surface area contributed by atoms with Gasteiger partial charge in [0.1, 0.15) is 0 Å². The van der Waals surface area contributed by atoms with Crippen LogP contribution in [0.15, 0.2) is 0 Å². The van der Waals surface area contributed by atoms with E-state index >= 15 is 0 Å². The Bertz CT molecular complexity index is 26.7. The van der Waals surface area contributed by atoms with E-state index in [4.69, 9.17) is 11.2 Å². The molecule has 0 heterocycles. The van der Waals surface area contributed by atoms with E-state index < -0.39 is 0 Å². The summed E-state index contributed by atoms with van der Waals surface area (Å²) in [6.45, 7) is 4.31. The van der Waals surface area contributed by atoms with Gasteiger partial charge < -0.3 is 0 Å². The van der Waals surface area contributed by atoms with Crippen LogP contribution < -0.4 is 0 Å². The molecule has 0 nitrogen and oxygen atoms in total. The molecule has 0 saturated heterocycles. The fourth-order valence-electron chi connectivity index (χ4n) is 0.0772. The van der Waals surface area contributed by atoms with E-state index in [9.17, 15) is 0 Å². The average Bonchev–Trinajstić information content (AvgIpc) is 1.65. The van der Waals surface area contributed by atoms with E-state index in [1.807, 2.05) is 0 Å². The van der Waals surface area contributed by atoms with Crippen LogP contribution in [0.4, 0.5) is 0 Å². The summed E-state index contributed by atoms with van der Waals surface area (Å²) in [6.07, 6.45) is 1.21. The third-order valence-electron chi connectivity index (χ3n) is 0.799. The van der Waals surface area contributed by atoms with Crippen molar-refractivity contribution >= 4 is 19.2 Å². The second kappa shape index (κ2) is 3.89. The van der Waals surface area contributed by atoms with Crippen molar-refractivity contribution in [3.8, 4) is 0 Å². The van der Waals surface area contributed by atoms with Crippen molar-refractivity contribution in [2.24, 2.45) is 0 Å². The molecule has 0 amide bonds. The van der Waals surface area contributed by atoms with Gasteiger partial charge in [-0.3, -0.25) is 0 Å². The molecule has 0 aromatic rings. The maximum atomic E-state index is 5.48. The SMILES string of the molecule is CC[C@H](C)PCl. The van der Waals surface area contributed by atoms with Crippen molar-refractivity contribution in [3.63, 3.8) is 0 Å². The Balaban J connectivity index is 2.75. The highest BCUT2D eigenvalue weighted by atomic mass is 35.7. The van der Waals surface area contributed by atoms with Crippen molar-refractivity contribution in [1.29, 1.82) is 0 Å². The zero-order valence-corrected chi connectivity index (χ0v) is 5.92. The predicted octanol–water partition coefficient (Wildman–Crippen LogP) is 2.62. The monoisotopic (exact) mass is 124 g/mol. The zero-order chi connectivity index (χ0) is 4.99. The summed E-state index contributed by atoms with van der Waals surface area (Å²) in [5, 5.41) is 0. The van der Waals surface area contributed by atoms with Gasteiger partial charge in [-0.2, -0.15) is 0 Å². The van der Waals surface area contributed by atoms with Gasteiger partial charge in [-0.05, 0) is 20.0 Å². The maximum Gasteiger partial charge on any atom is -0.0129 e. The van der Waals surface area contributed by atoms with Gasteiger partial charge in [0.15, 0.2) is 0 Å². The van der Waals surface area contributed by atoms with Gasteiger partial charge in [0, 0.05) is 0 Å². The van der Waals surface area contributed by atoms with Crippen LogP contribution in [0.5, 0.6) is 0 Å². The lowest BCUT2D eigenvalue weighted by molar-refractivity contribution is 0.906. The molecule has 0 spiro atoms. The topological polar surface area (TPSA) is 0 Å². The fraction of sp³-hybridized carbons (Fsp3) is 1.00. The van der Waals surface area contributed by atoms with Crippen molar-refractivity contribution in [3.05, 3.63) is 0 Å². The minimum absolute atomic E-state index is 0.604. The summed E-state index contributed by atoms with van der Waals surface area (Å²) in [5.41, 5.74) is 0.728. The van der Waals surface area contributed by atoms with Crippen LogP contribution in [0.3, 0.4) is 0 Å². The highest BCUT2D eigenvalue weighted by Gasteiger charge is 1.90. The maximum absolute atomic E-state index is 5.48. The van der Waals surface area contributed by atoms with E-state index in [0.29, 0.717) is 7.93 Å².